The van der Waals surface area contributed by atoms with E-state index in [0.29, 0.717) is 6.54 Å². The molecule has 0 radical (unpaired) electrons. The number of ether oxygens (including phenoxy) is 2. The minimum absolute atomic E-state index is 0.000998. The summed E-state index contributed by atoms with van der Waals surface area (Å²) >= 11 is 1.51. The van der Waals surface area contributed by atoms with E-state index in [2.05, 4.69) is 0 Å². The minimum atomic E-state index is -1.25. The Labute approximate surface area is 194 Å². The molecule has 7 rings (SSSR count). The maximum atomic E-state index is 13.8. The fourth-order valence-corrected chi connectivity index (χ4v) is 6.52. The molecule has 4 heterocycles. The fraction of sp³-hybridized carbons (Fsp3) is 0.240. The number of fused-ring (bicyclic) bond motifs is 2. The minimum Gasteiger partial charge on any atom is -0.315 e. The second-order valence-corrected chi connectivity index (χ2v) is 9.61. The topological polar surface area (TPSA) is 81.9 Å². The molecular weight excluding hydrogens is 440 g/mol. The van der Waals surface area contributed by atoms with Crippen LogP contribution >= 0.6 is 11.8 Å². The van der Waals surface area contributed by atoms with Crippen molar-refractivity contribution in [3.05, 3.63) is 112 Å². The summed E-state index contributed by atoms with van der Waals surface area (Å²) in [6.45, 7) is 0.417. The third-order valence-electron chi connectivity index (χ3n) is 6.46. The number of nitro groups is 1. The van der Waals surface area contributed by atoms with E-state index in [4.69, 9.17) is 9.47 Å². The molecule has 3 aromatic rings. The van der Waals surface area contributed by atoms with Gasteiger partial charge >= 0.3 is 5.24 Å². The lowest BCUT2D eigenvalue weighted by molar-refractivity contribution is -0.384. The standard InChI is InChI=1S/C25H20N2O5S/c28-24-21-22(17-11-13-19(14-12-17)27(29)30)32-25(33-23(21)18-9-5-2-6-10-18)26(24)15-20(31-25)16-7-3-1-4-8-16/h1-14,20-23H,15H2/t20-,21-,22+,23-,25+/m0/s1. The van der Waals surface area contributed by atoms with Gasteiger partial charge in [0.15, 0.2) is 0 Å². The number of benzene rings is 3. The molecule has 4 aliphatic heterocycles. The van der Waals surface area contributed by atoms with Crippen LogP contribution in [0.25, 0.3) is 0 Å². The fourth-order valence-electron chi connectivity index (χ4n) is 4.88. The zero-order chi connectivity index (χ0) is 22.6. The predicted molar refractivity (Wildman–Crippen MR) is 122 cm³/mol. The Bertz CT molecular complexity index is 1210. The molecule has 0 unspecified atom stereocenters. The van der Waals surface area contributed by atoms with Crippen LogP contribution in [-0.2, 0) is 14.3 Å². The van der Waals surface area contributed by atoms with Crippen LogP contribution in [0, 0.1) is 16.0 Å². The van der Waals surface area contributed by atoms with E-state index in [9.17, 15) is 14.9 Å². The highest BCUT2D eigenvalue weighted by Crippen LogP contribution is 2.64. The van der Waals surface area contributed by atoms with Crippen molar-refractivity contribution >= 4 is 23.4 Å². The lowest BCUT2D eigenvalue weighted by Gasteiger charge is -2.54. The number of amides is 1. The number of nitro benzene ring substituents is 1. The molecule has 3 aromatic carbocycles. The van der Waals surface area contributed by atoms with Gasteiger partial charge in [0, 0.05) is 12.1 Å². The lowest BCUT2D eigenvalue weighted by atomic mass is 9.86. The molecule has 8 heteroatoms. The average molecular weight is 461 g/mol. The molecule has 0 aromatic heterocycles. The highest BCUT2D eigenvalue weighted by atomic mass is 32.2. The summed E-state index contributed by atoms with van der Waals surface area (Å²) in [4.78, 5) is 26.2. The van der Waals surface area contributed by atoms with Crippen molar-refractivity contribution in [2.75, 3.05) is 6.54 Å². The molecule has 4 saturated heterocycles. The molecule has 0 aliphatic carbocycles. The summed E-state index contributed by atoms with van der Waals surface area (Å²) in [7, 11) is 0. The Morgan fingerprint density at radius 3 is 2.15 bits per heavy atom. The van der Waals surface area contributed by atoms with Gasteiger partial charge in [0.1, 0.15) is 12.2 Å². The van der Waals surface area contributed by atoms with E-state index >= 15 is 0 Å². The molecule has 166 valence electrons. The van der Waals surface area contributed by atoms with Gasteiger partial charge in [0.25, 0.3) is 5.69 Å². The smallest absolute Gasteiger partial charge is 0.309 e. The Hall–Kier alpha value is -3.20. The van der Waals surface area contributed by atoms with Crippen LogP contribution in [0.15, 0.2) is 84.9 Å². The van der Waals surface area contributed by atoms with E-state index in [0.717, 1.165) is 16.7 Å². The zero-order valence-corrected chi connectivity index (χ0v) is 18.3. The summed E-state index contributed by atoms with van der Waals surface area (Å²) in [6, 6.07) is 26.0. The van der Waals surface area contributed by atoms with Crippen LogP contribution in [0.5, 0.6) is 0 Å². The second-order valence-electron chi connectivity index (χ2n) is 8.35. The van der Waals surface area contributed by atoms with Crippen LogP contribution in [-0.4, -0.2) is 27.5 Å². The monoisotopic (exact) mass is 460 g/mol. The van der Waals surface area contributed by atoms with Gasteiger partial charge in [-0.25, -0.2) is 0 Å². The van der Waals surface area contributed by atoms with E-state index < -0.39 is 22.2 Å². The predicted octanol–water partition coefficient (Wildman–Crippen LogP) is 4.98. The summed E-state index contributed by atoms with van der Waals surface area (Å²) < 4.78 is 13.0. The first-order valence-corrected chi connectivity index (χ1v) is 11.6. The first-order chi connectivity index (χ1) is 16.1. The number of hydrogen-bond donors (Lipinski definition) is 0. The number of thioether (sulfide) groups is 1. The summed E-state index contributed by atoms with van der Waals surface area (Å²) in [5.41, 5.74) is 2.75. The first-order valence-electron chi connectivity index (χ1n) is 10.7. The molecule has 1 amide bonds. The van der Waals surface area contributed by atoms with Crippen molar-refractivity contribution in [1.82, 2.24) is 4.90 Å². The van der Waals surface area contributed by atoms with Crippen LogP contribution in [0.1, 0.15) is 34.1 Å². The molecule has 1 spiro atoms. The van der Waals surface area contributed by atoms with E-state index in [1.807, 2.05) is 60.7 Å². The second kappa shape index (κ2) is 7.69. The number of carbonyl (C=O) groups excluding carboxylic acids is 1. The lowest BCUT2D eigenvalue weighted by Crippen LogP contribution is -2.62. The summed E-state index contributed by atoms with van der Waals surface area (Å²) in [5.74, 6) is -0.491. The molecule has 2 bridgehead atoms. The van der Waals surface area contributed by atoms with Crippen molar-refractivity contribution in [3.63, 3.8) is 0 Å². The zero-order valence-electron chi connectivity index (χ0n) is 17.4. The van der Waals surface area contributed by atoms with Crippen LogP contribution in [0.4, 0.5) is 5.69 Å². The van der Waals surface area contributed by atoms with Gasteiger partial charge in [-0.3, -0.25) is 19.8 Å². The van der Waals surface area contributed by atoms with Gasteiger partial charge in [-0.15, -0.1) is 0 Å². The van der Waals surface area contributed by atoms with Crippen LogP contribution in [0.3, 0.4) is 0 Å². The molecule has 33 heavy (non-hydrogen) atoms. The normalized spacial score (nSPS) is 30.3. The van der Waals surface area contributed by atoms with Crippen LogP contribution in [0.2, 0.25) is 0 Å². The van der Waals surface area contributed by atoms with E-state index in [-0.39, 0.29) is 22.9 Å². The Morgan fingerprint density at radius 2 is 1.52 bits per heavy atom. The van der Waals surface area contributed by atoms with Gasteiger partial charge < -0.3 is 9.47 Å². The van der Waals surface area contributed by atoms with Crippen molar-refractivity contribution < 1.29 is 19.2 Å². The largest absolute Gasteiger partial charge is 0.315 e. The van der Waals surface area contributed by atoms with Crippen molar-refractivity contribution in [3.8, 4) is 0 Å². The van der Waals surface area contributed by atoms with Gasteiger partial charge in [0.2, 0.25) is 5.91 Å². The Balaban J connectivity index is 1.42. The summed E-state index contributed by atoms with van der Waals surface area (Å²) in [6.07, 6.45) is -0.871. The SMILES string of the molecule is O=C1[C@H]2[C@@H](c3ccc([N+](=O)[O-])cc3)O[C@@]3(O[C@H](c4ccccc4)CN13)S[C@H]2c1ccccc1. The van der Waals surface area contributed by atoms with E-state index in [1.54, 1.807) is 17.0 Å². The number of hydrogen-bond acceptors (Lipinski definition) is 6. The van der Waals surface area contributed by atoms with Crippen molar-refractivity contribution in [2.24, 2.45) is 5.92 Å². The maximum Gasteiger partial charge on any atom is 0.309 e. The van der Waals surface area contributed by atoms with Crippen molar-refractivity contribution in [2.45, 2.75) is 22.7 Å². The molecule has 4 aliphatic rings. The molecule has 0 N–H and O–H groups in total. The van der Waals surface area contributed by atoms with E-state index in [1.165, 1.54) is 23.9 Å². The third kappa shape index (κ3) is 3.25. The van der Waals surface area contributed by atoms with Crippen molar-refractivity contribution in [1.29, 1.82) is 0 Å². The molecule has 7 nitrogen and oxygen atoms in total. The molecule has 0 saturated carbocycles. The number of nitrogens with zero attached hydrogens (tertiary/aromatic N) is 2. The molecule has 5 atom stereocenters. The van der Waals surface area contributed by atoms with Gasteiger partial charge in [-0.05, 0) is 28.8 Å². The van der Waals surface area contributed by atoms with Gasteiger partial charge in [-0.1, -0.05) is 72.4 Å². The highest BCUT2D eigenvalue weighted by Gasteiger charge is 2.67. The van der Waals surface area contributed by atoms with Gasteiger partial charge in [-0.2, -0.15) is 0 Å². The average Bonchev–Trinajstić information content (AvgIpc) is 3.25. The summed E-state index contributed by atoms with van der Waals surface area (Å²) in [5, 5.41) is 9.70. The number of non-ortho nitro benzene ring substituents is 1. The quantitative estimate of drug-likeness (QED) is 0.403. The highest BCUT2D eigenvalue weighted by molar-refractivity contribution is 8.00. The molecule has 4 fully saturated rings. The van der Waals surface area contributed by atoms with Crippen LogP contribution < -0.4 is 0 Å². The number of rotatable bonds is 4. The van der Waals surface area contributed by atoms with Gasteiger partial charge in [0.05, 0.1) is 22.6 Å². The molecular formula is C25H20N2O5S. The Kier molecular flexibility index (Phi) is 4.76. The first kappa shape index (κ1) is 20.4. The maximum absolute atomic E-state index is 13.8. The Morgan fingerprint density at radius 1 is 0.879 bits per heavy atom. The number of carbonyl (C=O) groups is 1. The third-order valence-corrected chi connectivity index (χ3v) is 7.99.